The molecule has 3 rings (SSSR count). The van der Waals surface area contributed by atoms with Crippen LogP contribution in [-0.4, -0.2) is 16.6 Å². The molecule has 0 radical (unpaired) electrons. The maximum atomic E-state index is 9.66. The average molecular weight is 332 g/mol. The van der Waals surface area contributed by atoms with E-state index < -0.39 is 0 Å². The molecule has 20 heavy (non-hydrogen) atoms. The fraction of sp³-hybridized carbons (Fsp3) is 0.294. The third-order valence-electron chi connectivity index (χ3n) is 3.95. The number of halogens is 1. The van der Waals surface area contributed by atoms with Crippen molar-refractivity contribution in [3.05, 3.63) is 64.1 Å². The van der Waals surface area contributed by atoms with Gasteiger partial charge in [-0.3, -0.25) is 4.90 Å². The molecule has 1 unspecified atom stereocenters. The molecule has 1 heterocycles. The summed E-state index contributed by atoms with van der Waals surface area (Å²) in [6.45, 7) is 1.98. The minimum atomic E-state index is 0.332. The Labute approximate surface area is 128 Å². The number of aromatic hydroxyl groups is 1. The third-order valence-corrected chi connectivity index (χ3v) is 4.72. The van der Waals surface area contributed by atoms with Crippen molar-refractivity contribution in [2.24, 2.45) is 0 Å². The van der Waals surface area contributed by atoms with Gasteiger partial charge in [0.15, 0.2) is 0 Å². The molecule has 2 aromatic rings. The summed E-state index contributed by atoms with van der Waals surface area (Å²) in [7, 11) is 0. The lowest BCUT2D eigenvalue weighted by Gasteiger charge is -2.25. The van der Waals surface area contributed by atoms with E-state index in [9.17, 15) is 5.11 Å². The van der Waals surface area contributed by atoms with Crippen molar-refractivity contribution in [2.45, 2.75) is 25.4 Å². The average Bonchev–Trinajstić information content (AvgIpc) is 2.92. The van der Waals surface area contributed by atoms with Crippen LogP contribution in [0.4, 0.5) is 0 Å². The van der Waals surface area contributed by atoms with Crippen LogP contribution in [0.2, 0.25) is 0 Å². The highest BCUT2D eigenvalue weighted by Gasteiger charge is 2.26. The summed E-state index contributed by atoms with van der Waals surface area (Å²) < 4.78 is 1.06. The molecule has 0 saturated carbocycles. The van der Waals surface area contributed by atoms with Gasteiger partial charge in [0, 0.05) is 17.1 Å². The molecule has 104 valence electrons. The van der Waals surface area contributed by atoms with Crippen LogP contribution in [0, 0.1) is 0 Å². The van der Waals surface area contributed by atoms with Crippen molar-refractivity contribution in [1.29, 1.82) is 0 Å². The fourth-order valence-corrected chi connectivity index (χ4v) is 3.34. The number of likely N-dealkylation sites (tertiary alicyclic amines) is 1. The van der Waals surface area contributed by atoms with Gasteiger partial charge in [-0.25, -0.2) is 0 Å². The lowest BCUT2D eigenvalue weighted by atomic mass is 10.0. The van der Waals surface area contributed by atoms with Crippen molar-refractivity contribution in [2.75, 3.05) is 6.54 Å². The monoisotopic (exact) mass is 331 g/mol. The lowest BCUT2D eigenvalue weighted by Crippen LogP contribution is -2.22. The minimum absolute atomic E-state index is 0.332. The number of phenols is 1. The summed E-state index contributed by atoms with van der Waals surface area (Å²) in [6.07, 6.45) is 2.44. The van der Waals surface area contributed by atoms with Gasteiger partial charge in [0.1, 0.15) is 5.75 Å². The van der Waals surface area contributed by atoms with E-state index in [-0.39, 0.29) is 0 Å². The van der Waals surface area contributed by atoms with Gasteiger partial charge in [0.2, 0.25) is 0 Å². The highest BCUT2D eigenvalue weighted by atomic mass is 79.9. The molecule has 0 aliphatic carbocycles. The molecule has 1 atom stereocenters. The predicted octanol–water partition coefficient (Wildman–Crippen LogP) is 4.49. The number of hydrogen-bond acceptors (Lipinski definition) is 2. The highest BCUT2D eigenvalue weighted by Crippen LogP contribution is 2.34. The normalized spacial score (nSPS) is 19.4. The van der Waals surface area contributed by atoms with Crippen LogP contribution in [0.5, 0.6) is 5.75 Å². The number of benzene rings is 2. The van der Waals surface area contributed by atoms with Gasteiger partial charge in [-0.1, -0.05) is 46.3 Å². The predicted molar refractivity (Wildman–Crippen MR) is 84.6 cm³/mol. The molecule has 0 aromatic heterocycles. The van der Waals surface area contributed by atoms with Gasteiger partial charge in [0.25, 0.3) is 0 Å². The van der Waals surface area contributed by atoms with E-state index in [1.165, 1.54) is 18.4 Å². The topological polar surface area (TPSA) is 23.5 Å². The van der Waals surface area contributed by atoms with Gasteiger partial charge in [-0.2, -0.15) is 0 Å². The van der Waals surface area contributed by atoms with Gasteiger partial charge in [-0.15, -0.1) is 0 Å². The van der Waals surface area contributed by atoms with Crippen molar-refractivity contribution in [3.63, 3.8) is 0 Å². The van der Waals surface area contributed by atoms with Crippen LogP contribution >= 0.6 is 15.9 Å². The van der Waals surface area contributed by atoms with Crippen LogP contribution in [-0.2, 0) is 6.54 Å². The first-order chi connectivity index (χ1) is 9.74. The molecule has 2 nitrogen and oxygen atoms in total. The lowest BCUT2D eigenvalue weighted by molar-refractivity contribution is 0.248. The Morgan fingerprint density at radius 2 is 1.95 bits per heavy atom. The number of hydrogen-bond donors (Lipinski definition) is 1. The maximum Gasteiger partial charge on any atom is 0.115 e. The summed E-state index contributed by atoms with van der Waals surface area (Å²) in [6, 6.07) is 16.7. The molecule has 1 aliphatic heterocycles. The van der Waals surface area contributed by atoms with E-state index in [4.69, 9.17) is 0 Å². The molecule has 1 N–H and O–H groups in total. The maximum absolute atomic E-state index is 9.66. The summed E-state index contributed by atoms with van der Waals surface area (Å²) >= 11 is 3.58. The summed E-state index contributed by atoms with van der Waals surface area (Å²) in [5.41, 5.74) is 2.54. The van der Waals surface area contributed by atoms with E-state index in [1.807, 2.05) is 12.1 Å². The van der Waals surface area contributed by atoms with E-state index in [1.54, 1.807) is 6.07 Å². The molecule has 1 saturated heterocycles. The van der Waals surface area contributed by atoms with Crippen molar-refractivity contribution in [1.82, 2.24) is 4.90 Å². The SMILES string of the molecule is Oc1ccc(Br)c(CN2CCCC2c2ccccc2)c1. The molecule has 3 heteroatoms. The van der Waals surface area contributed by atoms with Crippen molar-refractivity contribution in [3.8, 4) is 5.75 Å². The van der Waals surface area contributed by atoms with Crippen LogP contribution in [0.25, 0.3) is 0 Å². The van der Waals surface area contributed by atoms with Crippen LogP contribution in [0.1, 0.15) is 30.0 Å². The Hall–Kier alpha value is -1.32. The van der Waals surface area contributed by atoms with Gasteiger partial charge >= 0.3 is 0 Å². The molecule has 0 spiro atoms. The Bertz CT molecular complexity index is 585. The van der Waals surface area contributed by atoms with E-state index in [0.717, 1.165) is 23.1 Å². The van der Waals surface area contributed by atoms with Crippen molar-refractivity contribution < 1.29 is 5.11 Å². The molecule has 0 bridgehead atoms. The van der Waals surface area contributed by atoms with Gasteiger partial charge < -0.3 is 5.11 Å². The first kappa shape index (κ1) is 13.7. The zero-order valence-electron chi connectivity index (χ0n) is 11.3. The second-order valence-electron chi connectivity index (χ2n) is 5.31. The second kappa shape index (κ2) is 5.98. The van der Waals surface area contributed by atoms with Crippen LogP contribution in [0.15, 0.2) is 53.0 Å². The molecule has 1 fully saturated rings. The minimum Gasteiger partial charge on any atom is -0.508 e. The standard InChI is InChI=1S/C17H18BrNO/c18-16-9-8-15(20)11-14(16)12-19-10-4-7-17(19)13-5-2-1-3-6-13/h1-3,5-6,8-9,11,17,20H,4,7,10,12H2. The third kappa shape index (κ3) is 2.89. The Morgan fingerprint density at radius 3 is 2.75 bits per heavy atom. The number of rotatable bonds is 3. The molecule has 1 aliphatic rings. The Balaban J connectivity index is 1.81. The Morgan fingerprint density at radius 1 is 1.15 bits per heavy atom. The van der Waals surface area contributed by atoms with E-state index in [2.05, 4.69) is 51.2 Å². The number of nitrogens with zero attached hydrogens (tertiary/aromatic N) is 1. The number of phenolic OH excluding ortho intramolecular Hbond substituents is 1. The smallest absolute Gasteiger partial charge is 0.115 e. The molecular formula is C17H18BrNO. The highest BCUT2D eigenvalue weighted by molar-refractivity contribution is 9.10. The molecular weight excluding hydrogens is 314 g/mol. The fourth-order valence-electron chi connectivity index (χ4n) is 2.97. The molecule has 2 aromatic carbocycles. The van der Waals surface area contributed by atoms with E-state index >= 15 is 0 Å². The Kier molecular flexibility index (Phi) is 4.08. The van der Waals surface area contributed by atoms with Gasteiger partial charge in [-0.05, 0) is 48.7 Å². The van der Waals surface area contributed by atoms with Crippen molar-refractivity contribution >= 4 is 15.9 Å². The zero-order valence-corrected chi connectivity index (χ0v) is 12.9. The van der Waals surface area contributed by atoms with Crippen LogP contribution in [0.3, 0.4) is 0 Å². The summed E-state index contributed by atoms with van der Waals surface area (Å²) in [5.74, 6) is 0.332. The van der Waals surface area contributed by atoms with Gasteiger partial charge in [0.05, 0.1) is 0 Å². The first-order valence-electron chi connectivity index (χ1n) is 7.00. The van der Waals surface area contributed by atoms with Crippen LogP contribution < -0.4 is 0 Å². The summed E-state index contributed by atoms with van der Waals surface area (Å²) in [4.78, 5) is 2.49. The van der Waals surface area contributed by atoms with E-state index in [0.29, 0.717) is 11.8 Å². The first-order valence-corrected chi connectivity index (χ1v) is 7.80. The largest absolute Gasteiger partial charge is 0.508 e. The zero-order chi connectivity index (χ0) is 13.9. The second-order valence-corrected chi connectivity index (χ2v) is 6.17. The summed E-state index contributed by atoms with van der Waals surface area (Å²) in [5, 5.41) is 9.66. The quantitative estimate of drug-likeness (QED) is 0.895. The molecule has 0 amide bonds.